The molecule has 0 heterocycles. The Labute approximate surface area is 87.6 Å². The molecule has 0 nitrogen and oxygen atoms in total. The highest BCUT2D eigenvalue weighted by atomic mass is 127. The van der Waals surface area contributed by atoms with Gasteiger partial charge in [0.25, 0.3) is 0 Å². The number of benzene rings is 1. The Hall–Kier alpha value is -0.520. The molecule has 0 saturated heterocycles. The van der Waals surface area contributed by atoms with Crippen LogP contribution in [0.5, 0.6) is 0 Å². The van der Waals surface area contributed by atoms with Crippen molar-refractivity contribution in [3.05, 3.63) is 40.0 Å². The molecule has 1 aromatic rings. The van der Waals surface area contributed by atoms with Crippen LogP contribution in [-0.2, 0) is 0 Å². The van der Waals surface area contributed by atoms with Gasteiger partial charge in [0.2, 0.25) is 0 Å². The highest BCUT2D eigenvalue weighted by Gasteiger charge is 2.32. The van der Waals surface area contributed by atoms with Crippen molar-refractivity contribution in [3.63, 3.8) is 0 Å². The Morgan fingerprint density at radius 2 is 1.62 bits per heavy atom. The van der Waals surface area contributed by atoms with E-state index in [0.717, 1.165) is 3.57 Å². The second-order valence-corrected chi connectivity index (χ2v) is 3.73. The summed E-state index contributed by atoms with van der Waals surface area (Å²) in [5.74, 6) is 0. The first-order valence-corrected chi connectivity index (χ1v) is 4.51. The van der Waals surface area contributed by atoms with Crippen molar-refractivity contribution in [1.29, 1.82) is 0 Å². The summed E-state index contributed by atoms with van der Waals surface area (Å²) in [6.45, 7) is 3.00. The summed E-state index contributed by atoms with van der Waals surface area (Å²) >= 11 is 2.03. The molecule has 0 unspecified atom stereocenters. The van der Waals surface area contributed by atoms with Gasteiger partial charge in [0.05, 0.1) is 5.57 Å². The van der Waals surface area contributed by atoms with Crippen LogP contribution in [0.4, 0.5) is 13.2 Å². The molecule has 0 fully saturated rings. The third-order valence-electron chi connectivity index (χ3n) is 1.53. The van der Waals surface area contributed by atoms with Crippen molar-refractivity contribution in [1.82, 2.24) is 0 Å². The fourth-order valence-corrected chi connectivity index (χ4v) is 1.17. The average Bonchev–Trinajstić information content (AvgIpc) is 2.03. The molecule has 0 aromatic heterocycles. The summed E-state index contributed by atoms with van der Waals surface area (Å²) in [7, 11) is 0. The van der Waals surface area contributed by atoms with Gasteiger partial charge in [-0.05, 0) is 40.3 Å². The summed E-state index contributed by atoms with van der Waals surface area (Å²) in [6, 6.07) is 6.06. The van der Waals surface area contributed by atoms with E-state index < -0.39 is 11.7 Å². The lowest BCUT2D eigenvalue weighted by Crippen LogP contribution is -2.09. The molecular formula is C9H6F3I. The monoisotopic (exact) mass is 298 g/mol. The van der Waals surface area contributed by atoms with E-state index in [0.29, 0.717) is 0 Å². The fourth-order valence-electron chi connectivity index (χ4n) is 0.815. The van der Waals surface area contributed by atoms with E-state index in [4.69, 9.17) is 0 Å². The van der Waals surface area contributed by atoms with Gasteiger partial charge in [-0.3, -0.25) is 0 Å². The molecule has 1 aromatic carbocycles. The summed E-state index contributed by atoms with van der Waals surface area (Å²) in [6.07, 6.45) is -4.34. The van der Waals surface area contributed by atoms with Gasteiger partial charge < -0.3 is 0 Å². The Balaban J connectivity index is 2.97. The van der Waals surface area contributed by atoms with Crippen molar-refractivity contribution in [2.24, 2.45) is 0 Å². The predicted octanol–water partition coefficient (Wildman–Crippen LogP) is 3.87. The topological polar surface area (TPSA) is 0 Å². The third kappa shape index (κ3) is 2.72. The summed E-state index contributed by atoms with van der Waals surface area (Å²) in [4.78, 5) is 0. The maximum absolute atomic E-state index is 12.1. The molecule has 0 atom stereocenters. The van der Waals surface area contributed by atoms with Crippen molar-refractivity contribution in [2.45, 2.75) is 6.18 Å². The van der Waals surface area contributed by atoms with Gasteiger partial charge in [-0.2, -0.15) is 13.2 Å². The van der Waals surface area contributed by atoms with Crippen LogP contribution in [-0.4, -0.2) is 6.18 Å². The minimum atomic E-state index is -4.34. The van der Waals surface area contributed by atoms with Gasteiger partial charge in [-0.25, -0.2) is 0 Å². The van der Waals surface area contributed by atoms with Gasteiger partial charge >= 0.3 is 6.18 Å². The summed E-state index contributed by atoms with van der Waals surface area (Å²) < 4.78 is 37.3. The number of alkyl halides is 3. The standard InChI is InChI=1S/C9H6F3I/c1-6(9(10,11)12)7-2-4-8(13)5-3-7/h2-5H,1H2. The number of allylic oxidation sites excluding steroid dienone is 1. The predicted molar refractivity (Wildman–Crippen MR) is 54.2 cm³/mol. The molecule has 0 saturated carbocycles. The molecule has 0 aliphatic rings. The largest absolute Gasteiger partial charge is 0.416 e. The number of hydrogen-bond donors (Lipinski definition) is 0. The molecule has 0 amide bonds. The van der Waals surface area contributed by atoms with Crippen molar-refractivity contribution >= 4 is 28.2 Å². The highest BCUT2D eigenvalue weighted by molar-refractivity contribution is 14.1. The Morgan fingerprint density at radius 1 is 1.15 bits per heavy atom. The molecular weight excluding hydrogens is 292 g/mol. The number of rotatable bonds is 1. The summed E-state index contributed by atoms with van der Waals surface area (Å²) in [5, 5.41) is 0. The van der Waals surface area contributed by atoms with E-state index in [-0.39, 0.29) is 5.56 Å². The second kappa shape index (κ2) is 3.69. The number of hydrogen-bond acceptors (Lipinski definition) is 0. The van der Waals surface area contributed by atoms with Crippen molar-refractivity contribution in [2.75, 3.05) is 0 Å². The SMILES string of the molecule is C=C(c1ccc(I)cc1)C(F)(F)F. The van der Waals surface area contributed by atoms with Gasteiger partial charge in [-0.1, -0.05) is 18.7 Å². The van der Waals surface area contributed by atoms with Crippen LogP contribution in [0.15, 0.2) is 30.8 Å². The zero-order valence-corrected chi connectivity index (χ0v) is 8.69. The second-order valence-electron chi connectivity index (χ2n) is 2.48. The van der Waals surface area contributed by atoms with Crippen molar-refractivity contribution < 1.29 is 13.2 Å². The molecule has 0 aliphatic carbocycles. The lowest BCUT2D eigenvalue weighted by Gasteiger charge is -2.09. The maximum Gasteiger partial charge on any atom is 0.416 e. The molecule has 0 bridgehead atoms. The minimum Gasteiger partial charge on any atom is -0.166 e. The zero-order chi connectivity index (χ0) is 10.1. The Kier molecular flexibility index (Phi) is 3.00. The normalized spacial score (nSPS) is 11.4. The van der Waals surface area contributed by atoms with E-state index in [9.17, 15) is 13.2 Å². The third-order valence-corrected chi connectivity index (χ3v) is 2.25. The Morgan fingerprint density at radius 3 is 2.00 bits per heavy atom. The molecule has 0 N–H and O–H groups in total. The van der Waals surface area contributed by atoms with E-state index >= 15 is 0 Å². The molecule has 70 valence electrons. The highest BCUT2D eigenvalue weighted by Crippen LogP contribution is 2.32. The van der Waals surface area contributed by atoms with Crippen LogP contribution >= 0.6 is 22.6 Å². The maximum atomic E-state index is 12.1. The molecule has 0 spiro atoms. The molecule has 0 radical (unpaired) electrons. The van der Waals surface area contributed by atoms with E-state index in [1.54, 1.807) is 12.1 Å². The van der Waals surface area contributed by atoms with Crippen molar-refractivity contribution in [3.8, 4) is 0 Å². The molecule has 4 heteroatoms. The lowest BCUT2D eigenvalue weighted by atomic mass is 10.1. The van der Waals surface area contributed by atoms with E-state index in [1.165, 1.54) is 12.1 Å². The quantitative estimate of drug-likeness (QED) is 0.691. The van der Waals surface area contributed by atoms with E-state index in [1.807, 2.05) is 22.6 Å². The first kappa shape index (κ1) is 10.6. The Bertz CT molecular complexity index is 311. The molecule has 13 heavy (non-hydrogen) atoms. The van der Waals surface area contributed by atoms with Crippen LogP contribution < -0.4 is 0 Å². The van der Waals surface area contributed by atoms with Crippen LogP contribution in [0, 0.1) is 3.57 Å². The zero-order valence-electron chi connectivity index (χ0n) is 6.53. The molecule has 0 aliphatic heterocycles. The van der Waals surface area contributed by atoms with Gasteiger partial charge in [0.15, 0.2) is 0 Å². The first-order valence-electron chi connectivity index (χ1n) is 3.43. The van der Waals surface area contributed by atoms with Gasteiger partial charge in [0.1, 0.15) is 0 Å². The van der Waals surface area contributed by atoms with Gasteiger partial charge in [-0.15, -0.1) is 0 Å². The van der Waals surface area contributed by atoms with Crippen LogP contribution in [0.3, 0.4) is 0 Å². The lowest BCUT2D eigenvalue weighted by molar-refractivity contribution is -0.0686. The molecule has 1 rings (SSSR count). The number of halogens is 4. The first-order chi connectivity index (χ1) is 5.91. The average molecular weight is 298 g/mol. The smallest absolute Gasteiger partial charge is 0.166 e. The van der Waals surface area contributed by atoms with E-state index in [2.05, 4.69) is 6.58 Å². The van der Waals surface area contributed by atoms with Gasteiger partial charge in [0, 0.05) is 3.57 Å². The van der Waals surface area contributed by atoms with Crippen LogP contribution in [0.2, 0.25) is 0 Å². The fraction of sp³-hybridized carbons (Fsp3) is 0.111. The van der Waals surface area contributed by atoms with Crippen LogP contribution in [0.1, 0.15) is 5.56 Å². The minimum absolute atomic E-state index is 0.118. The summed E-state index contributed by atoms with van der Waals surface area (Å²) in [5.41, 5.74) is -0.684. The van der Waals surface area contributed by atoms with Crippen LogP contribution in [0.25, 0.3) is 5.57 Å².